The quantitative estimate of drug-likeness (QED) is 0.549. The van der Waals surface area contributed by atoms with E-state index in [1.165, 1.54) is 16.4 Å². The van der Waals surface area contributed by atoms with Gasteiger partial charge in [0.05, 0.1) is 17.2 Å². The zero-order valence-electron chi connectivity index (χ0n) is 15.5. The summed E-state index contributed by atoms with van der Waals surface area (Å²) in [6, 6.07) is 12.7. The molecule has 9 heteroatoms. The predicted molar refractivity (Wildman–Crippen MR) is 108 cm³/mol. The Morgan fingerprint density at radius 1 is 1.10 bits per heavy atom. The summed E-state index contributed by atoms with van der Waals surface area (Å²) >= 11 is 3.32. The molecule has 2 heterocycles. The first-order valence-corrected chi connectivity index (χ1v) is 11.5. The number of hydrogen-bond acceptors (Lipinski definition) is 5. The Hall–Kier alpha value is -2.10. The fraction of sp³-hybridized carbons (Fsp3) is 0.300. The highest BCUT2D eigenvalue weighted by atomic mass is 79.9. The minimum absolute atomic E-state index is 0.150. The normalized spacial score (nSPS) is 18.1. The first kappa shape index (κ1) is 20.2. The number of benzene rings is 2. The lowest BCUT2D eigenvalue weighted by atomic mass is 10.00. The Morgan fingerprint density at radius 2 is 1.83 bits per heavy atom. The van der Waals surface area contributed by atoms with Crippen LogP contribution in [0, 0.1) is 5.82 Å². The topological polar surface area (TPSA) is 76.3 Å². The molecule has 1 saturated heterocycles. The van der Waals surface area contributed by atoms with Gasteiger partial charge in [0.25, 0.3) is 0 Å². The Labute approximate surface area is 176 Å². The standard InChI is InChI=1S/C20H19BrFN3O3S/c21-16-5-9-18(10-6-16)29(26,27)25-11-1-2-15(13-25)20-24-23-19(28-20)12-14-3-7-17(22)8-4-14/h3-10,15H,1-2,11-13H2. The van der Waals surface area contributed by atoms with Gasteiger partial charge in [0.2, 0.25) is 21.8 Å². The molecule has 1 aromatic heterocycles. The summed E-state index contributed by atoms with van der Waals surface area (Å²) in [6.45, 7) is 0.766. The molecular weight excluding hydrogens is 461 g/mol. The van der Waals surface area contributed by atoms with Crippen molar-refractivity contribution in [2.75, 3.05) is 13.1 Å². The van der Waals surface area contributed by atoms with Crippen molar-refractivity contribution >= 4 is 26.0 Å². The molecule has 0 N–H and O–H groups in total. The van der Waals surface area contributed by atoms with Crippen molar-refractivity contribution in [2.24, 2.45) is 0 Å². The zero-order valence-corrected chi connectivity index (χ0v) is 17.9. The minimum atomic E-state index is -3.58. The predicted octanol–water partition coefficient (Wildman–Crippen LogP) is 4.13. The largest absolute Gasteiger partial charge is 0.425 e. The van der Waals surface area contributed by atoms with Crippen molar-refractivity contribution in [1.29, 1.82) is 0 Å². The van der Waals surface area contributed by atoms with Crippen LogP contribution in [0.3, 0.4) is 0 Å². The summed E-state index contributed by atoms with van der Waals surface area (Å²) in [5.41, 5.74) is 0.865. The average Bonchev–Trinajstić information content (AvgIpc) is 3.19. The summed E-state index contributed by atoms with van der Waals surface area (Å²) in [5, 5.41) is 8.22. The number of aromatic nitrogens is 2. The molecule has 0 amide bonds. The van der Waals surface area contributed by atoms with Crippen LogP contribution in [0.25, 0.3) is 0 Å². The molecule has 1 aliphatic heterocycles. The second-order valence-electron chi connectivity index (χ2n) is 6.99. The number of hydrogen-bond donors (Lipinski definition) is 0. The van der Waals surface area contributed by atoms with E-state index in [4.69, 9.17) is 4.42 Å². The van der Waals surface area contributed by atoms with E-state index in [2.05, 4.69) is 26.1 Å². The molecule has 0 aliphatic carbocycles. The van der Waals surface area contributed by atoms with E-state index in [9.17, 15) is 12.8 Å². The Balaban J connectivity index is 1.48. The third-order valence-electron chi connectivity index (χ3n) is 4.94. The van der Waals surface area contributed by atoms with Gasteiger partial charge in [0, 0.05) is 17.6 Å². The first-order chi connectivity index (χ1) is 13.9. The molecular formula is C20H19BrFN3O3S. The van der Waals surface area contributed by atoms with Gasteiger partial charge in [-0.15, -0.1) is 10.2 Å². The lowest BCUT2D eigenvalue weighted by Gasteiger charge is -2.30. The van der Waals surface area contributed by atoms with Crippen molar-refractivity contribution in [2.45, 2.75) is 30.1 Å². The monoisotopic (exact) mass is 479 g/mol. The van der Waals surface area contributed by atoms with Gasteiger partial charge in [0.1, 0.15) is 5.82 Å². The van der Waals surface area contributed by atoms with E-state index < -0.39 is 10.0 Å². The summed E-state index contributed by atoms with van der Waals surface area (Å²) in [4.78, 5) is 0.267. The van der Waals surface area contributed by atoms with Crippen LogP contribution in [-0.4, -0.2) is 36.0 Å². The maximum Gasteiger partial charge on any atom is 0.243 e. The lowest BCUT2D eigenvalue weighted by Crippen LogP contribution is -2.39. The molecule has 0 bridgehead atoms. The number of halogens is 2. The van der Waals surface area contributed by atoms with Crippen molar-refractivity contribution in [1.82, 2.24) is 14.5 Å². The molecule has 0 spiro atoms. The Bertz CT molecular complexity index is 1080. The smallest absolute Gasteiger partial charge is 0.243 e. The van der Waals surface area contributed by atoms with Gasteiger partial charge in [-0.2, -0.15) is 4.31 Å². The molecule has 1 aliphatic rings. The molecule has 1 unspecified atom stereocenters. The molecule has 1 fully saturated rings. The average molecular weight is 480 g/mol. The van der Waals surface area contributed by atoms with E-state index in [-0.39, 0.29) is 16.6 Å². The van der Waals surface area contributed by atoms with Crippen LogP contribution >= 0.6 is 15.9 Å². The van der Waals surface area contributed by atoms with E-state index >= 15 is 0 Å². The van der Waals surface area contributed by atoms with E-state index in [0.29, 0.717) is 31.3 Å². The molecule has 6 nitrogen and oxygen atoms in total. The highest BCUT2D eigenvalue weighted by molar-refractivity contribution is 9.10. The van der Waals surface area contributed by atoms with Crippen LogP contribution in [0.1, 0.15) is 36.1 Å². The molecule has 1 atom stereocenters. The van der Waals surface area contributed by atoms with Crippen molar-refractivity contribution in [3.8, 4) is 0 Å². The first-order valence-electron chi connectivity index (χ1n) is 9.24. The van der Waals surface area contributed by atoms with Crippen LogP contribution in [0.5, 0.6) is 0 Å². The molecule has 0 saturated carbocycles. The van der Waals surface area contributed by atoms with Crippen LogP contribution in [0.4, 0.5) is 4.39 Å². The molecule has 29 heavy (non-hydrogen) atoms. The minimum Gasteiger partial charge on any atom is -0.425 e. The summed E-state index contributed by atoms with van der Waals surface area (Å²) in [5.74, 6) is 0.426. The van der Waals surface area contributed by atoms with Gasteiger partial charge in [-0.3, -0.25) is 0 Å². The third-order valence-corrected chi connectivity index (χ3v) is 7.34. The van der Waals surface area contributed by atoms with E-state index in [0.717, 1.165) is 22.9 Å². The van der Waals surface area contributed by atoms with Gasteiger partial charge >= 0.3 is 0 Å². The second kappa shape index (κ2) is 8.33. The maximum atomic E-state index is 13.0. The van der Waals surface area contributed by atoms with Crippen LogP contribution in [-0.2, 0) is 16.4 Å². The molecule has 3 aromatic rings. The van der Waals surface area contributed by atoms with E-state index in [1.807, 2.05) is 0 Å². The third kappa shape index (κ3) is 4.57. The van der Waals surface area contributed by atoms with Crippen molar-refractivity contribution < 1.29 is 17.2 Å². The van der Waals surface area contributed by atoms with Gasteiger partial charge in [-0.25, -0.2) is 12.8 Å². The SMILES string of the molecule is O=S(=O)(c1ccc(Br)cc1)N1CCCC(c2nnc(Cc3ccc(F)cc3)o2)C1. The fourth-order valence-electron chi connectivity index (χ4n) is 3.40. The number of rotatable bonds is 5. The molecule has 2 aromatic carbocycles. The summed E-state index contributed by atoms with van der Waals surface area (Å²) in [7, 11) is -3.58. The molecule has 0 radical (unpaired) electrons. The maximum absolute atomic E-state index is 13.0. The van der Waals surface area contributed by atoms with Gasteiger partial charge < -0.3 is 4.42 Å². The Morgan fingerprint density at radius 3 is 2.55 bits per heavy atom. The highest BCUT2D eigenvalue weighted by Crippen LogP contribution is 2.30. The van der Waals surface area contributed by atoms with Gasteiger partial charge in [-0.1, -0.05) is 28.1 Å². The lowest BCUT2D eigenvalue weighted by molar-refractivity contribution is 0.281. The second-order valence-corrected chi connectivity index (χ2v) is 9.85. The fourth-order valence-corrected chi connectivity index (χ4v) is 5.19. The highest BCUT2D eigenvalue weighted by Gasteiger charge is 2.33. The summed E-state index contributed by atoms with van der Waals surface area (Å²) in [6.07, 6.45) is 1.90. The van der Waals surface area contributed by atoms with Crippen molar-refractivity contribution in [3.05, 3.63) is 76.2 Å². The van der Waals surface area contributed by atoms with Crippen LogP contribution in [0.15, 0.2) is 62.3 Å². The van der Waals surface area contributed by atoms with E-state index in [1.54, 1.807) is 36.4 Å². The van der Waals surface area contributed by atoms with Crippen molar-refractivity contribution in [3.63, 3.8) is 0 Å². The number of nitrogens with zero attached hydrogens (tertiary/aromatic N) is 3. The zero-order chi connectivity index (χ0) is 20.4. The van der Waals surface area contributed by atoms with Crippen LogP contribution in [0.2, 0.25) is 0 Å². The number of piperidine rings is 1. The van der Waals surface area contributed by atoms with Gasteiger partial charge in [-0.05, 0) is 54.8 Å². The number of sulfonamides is 1. The Kier molecular flexibility index (Phi) is 5.80. The van der Waals surface area contributed by atoms with Crippen LogP contribution < -0.4 is 0 Å². The molecule has 152 valence electrons. The van der Waals surface area contributed by atoms with Gasteiger partial charge in [0.15, 0.2) is 0 Å². The molecule has 4 rings (SSSR count). The summed E-state index contributed by atoms with van der Waals surface area (Å²) < 4.78 is 47.1.